The fourth-order valence-electron chi connectivity index (χ4n) is 6.77. The lowest BCUT2D eigenvalue weighted by atomic mass is 9.98. The maximum Gasteiger partial charge on any atom is 0.306 e. The topological polar surface area (TPSA) is 231 Å². The molecule has 7 N–H and O–H groups in total. The molecule has 0 saturated carbocycles. The molecule has 15 nitrogen and oxygen atoms in total. The van der Waals surface area contributed by atoms with Crippen LogP contribution in [0.5, 0.6) is 0 Å². The predicted molar refractivity (Wildman–Crippen MR) is 261 cm³/mol. The molecule has 0 aromatic carbocycles. The summed E-state index contributed by atoms with van der Waals surface area (Å²) in [5.74, 6) is -1.06. The van der Waals surface area contributed by atoms with E-state index >= 15 is 0 Å². The third-order valence-corrected chi connectivity index (χ3v) is 10.7. The van der Waals surface area contributed by atoms with Gasteiger partial charge in [0.05, 0.1) is 19.8 Å². The largest absolute Gasteiger partial charge is 0.462 e. The van der Waals surface area contributed by atoms with Crippen molar-refractivity contribution < 1.29 is 73.8 Å². The number of allylic oxidation sites excluding steroid dienone is 18. The average Bonchev–Trinajstić information content (AvgIpc) is 3.33. The summed E-state index contributed by atoms with van der Waals surface area (Å²) in [5.41, 5.74) is 0. The van der Waals surface area contributed by atoms with Crippen molar-refractivity contribution >= 4 is 11.9 Å². The summed E-state index contributed by atoms with van der Waals surface area (Å²) in [5, 5.41) is 72.0. The molecule has 0 aromatic rings. The molecule has 2 saturated heterocycles. The minimum atomic E-state index is -1.79. The molecule has 6 unspecified atom stereocenters. The number of hydrogen-bond acceptors (Lipinski definition) is 15. The third-order valence-electron chi connectivity index (χ3n) is 10.7. The molecule has 0 amide bonds. The molecule has 0 aliphatic carbocycles. The zero-order valence-electron chi connectivity index (χ0n) is 40.3. The maximum atomic E-state index is 13.0. The van der Waals surface area contributed by atoms with E-state index < -0.39 is 99.3 Å². The first kappa shape index (κ1) is 60.3. The first-order chi connectivity index (χ1) is 33.0. The molecule has 0 spiro atoms. The Morgan fingerprint density at radius 2 is 0.882 bits per heavy atom. The zero-order chi connectivity index (χ0) is 49.6. The SMILES string of the molecule is CC/C=C\C/C=C\C/C=C\C/C=C\C/C=C\CCCC(=O)O[C@H](COC(=O)CCCC/C=C\C/C=C\C/C=C\C/C=C\CC)CO[C@@H]1OC(CO[C@H]2OC(CO)[C@H](O)C(O)C2O)[C@H](O)C(O)C1O. The highest BCUT2D eigenvalue weighted by Gasteiger charge is 2.47. The highest BCUT2D eigenvalue weighted by atomic mass is 16.7. The van der Waals surface area contributed by atoms with Crippen LogP contribution in [0.1, 0.15) is 117 Å². The lowest BCUT2D eigenvalue weighted by Crippen LogP contribution is -2.61. The number of esters is 2. The molecule has 2 heterocycles. The second-order valence-electron chi connectivity index (χ2n) is 16.5. The molecule has 0 radical (unpaired) electrons. The highest BCUT2D eigenvalue weighted by molar-refractivity contribution is 5.70. The van der Waals surface area contributed by atoms with Gasteiger partial charge in [0.1, 0.15) is 55.4 Å². The van der Waals surface area contributed by atoms with Gasteiger partial charge in [-0.3, -0.25) is 9.59 Å². The minimum Gasteiger partial charge on any atom is -0.462 e. The van der Waals surface area contributed by atoms with Crippen molar-refractivity contribution in [1.29, 1.82) is 0 Å². The van der Waals surface area contributed by atoms with Crippen molar-refractivity contribution in [3.63, 3.8) is 0 Å². The molecule has 2 fully saturated rings. The lowest BCUT2D eigenvalue weighted by molar-refractivity contribution is -0.332. The molecular formula is C53H82O15. The molecule has 11 atom stereocenters. The predicted octanol–water partition coefficient (Wildman–Crippen LogP) is 6.37. The molecule has 2 aliphatic heterocycles. The van der Waals surface area contributed by atoms with Crippen molar-refractivity contribution in [2.24, 2.45) is 0 Å². The average molecular weight is 959 g/mol. The summed E-state index contributed by atoms with van der Waals surface area (Å²) in [6.07, 6.45) is 32.7. The lowest BCUT2D eigenvalue weighted by Gasteiger charge is -2.42. The van der Waals surface area contributed by atoms with Crippen LogP contribution in [0, 0.1) is 0 Å². The van der Waals surface area contributed by atoms with Crippen molar-refractivity contribution in [2.75, 3.05) is 26.4 Å². The summed E-state index contributed by atoms with van der Waals surface area (Å²) in [6.45, 7) is 2.21. The first-order valence-electron chi connectivity index (χ1n) is 24.5. The van der Waals surface area contributed by atoms with Gasteiger partial charge in [-0.25, -0.2) is 0 Å². The molecule has 384 valence electrons. The van der Waals surface area contributed by atoms with Gasteiger partial charge >= 0.3 is 11.9 Å². The Bertz CT molecular complexity index is 1600. The first-order valence-corrected chi connectivity index (χ1v) is 24.5. The van der Waals surface area contributed by atoms with Crippen LogP contribution in [0.15, 0.2) is 109 Å². The molecule has 0 aromatic heterocycles. The normalized spacial score (nSPS) is 26.7. The van der Waals surface area contributed by atoms with Crippen LogP contribution in [0.3, 0.4) is 0 Å². The van der Waals surface area contributed by atoms with Crippen molar-refractivity contribution in [1.82, 2.24) is 0 Å². The molecular weight excluding hydrogens is 877 g/mol. The number of carbonyl (C=O) groups excluding carboxylic acids is 2. The van der Waals surface area contributed by atoms with E-state index in [1.165, 1.54) is 0 Å². The molecule has 2 rings (SSSR count). The fourth-order valence-corrected chi connectivity index (χ4v) is 6.77. The van der Waals surface area contributed by atoms with Gasteiger partial charge in [0.2, 0.25) is 0 Å². The van der Waals surface area contributed by atoms with Crippen molar-refractivity contribution in [3.05, 3.63) is 109 Å². The Morgan fingerprint density at radius 3 is 1.37 bits per heavy atom. The van der Waals surface area contributed by atoms with Crippen LogP contribution in [0.4, 0.5) is 0 Å². The van der Waals surface area contributed by atoms with Gasteiger partial charge in [0.25, 0.3) is 0 Å². The Kier molecular flexibility index (Phi) is 34.5. The summed E-state index contributed by atoms with van der Waals surface area (Å²) in [7, 11) is 0. The van der Waals surface area contributed by atoms with Gasteiger partial charge in [0.15, 0.2) is 18.7 Å². The zero-order valence-corrected chi connectivity index (χ0v) is 40.3. The standard InChI is InChI=1S/C53H82O15/c1-3-5-7-9-11-13-15-17-19-20-22-24-26-28-30-32-34-36-45(56)66-41(38-63-44(55)35-33-31-29-27-25-23-21-18-16-14-12-10-8-6-4-2)39-64-52-51(62)49(60)47(58)43(68-52)40-65-53-50(61)48(59)46(57)42(37-54)67-53/h5-8,11-14,17-19,21-22,24-25,27-28,30,41-43,46-54,57-62H,3-4,9-10,15-16,20,23,26,29,31-40H2,1-2H3/b7-5-,8-6-,13-11-,14-12-,19-17-,21-18-,24-22-,27-25-,30-28-/t41-,42?,43?,46+,47+,48?,49?,50?,51?,52-,53+/m1/s1. The third kappa shape index (κ3) is 26.8. The summed E-state index contributed by atoms with van der Waals surface area (Å²) in [4.78, 5) is 25.7. The summed E-state index contributed by atoms with van der Waals surface area (Å²) < 4.78 is 33.4. The number of aliphatic hydroxyl groups is 7. The quantitative estimate of drug-likeness (QED) is 0.0208. The van der Waals surface area contributed by atoms with E-state index in [0.29, 0.717) is 19.3 Å². The van der Waals surface area contributed by atoms with Gasteiger partial charge in [-0.1, -0.05) is 123 Å². The number of unbranched alkanes of at least 4 members (excludes halogenated alkanes) is 3. The number of rotatable bonds is 35. The second-order valence-corrected chi connectivity index (χ2v) is 16.5. The van der Waals surface area contributed by atoms with Crippen molar-refractivity contribution in [3.8, 4) is 0 Å². The molecule has 15 heteroatoms. The van der Waals surface area contributed by atoms with Gasteiger partial charge in [-0.05, 0) is 89.9 Å². The van der Waals surface area contributed by atoms with E-state index in [1.807, 2.05) is 12.2 Å². The second kappa shape index (κ2) is 38.9. The summed E-state index contributed by atoms with van der Waals surface area (Å²) >= 11 is 0. The summed E-state index contributed by atoms with van der Waals surface area (Å²) in [6, 6.07) is 0. The Balaban J connectivity index is 1.88. The maximum absolute atomic E-state index is 13.0. The van der Waals surface area contributed by atoms with E-state index in [9.17, 15) is 45.3 Å². The van der Waals surface area contributed by atoms with E-state index in [2.05, 4.69) is 111 Å². The molecule has 2 aliphatic rings. The van der Waals surface area contributed by atoms with Gasteiger partial charge < -0.3 is 64.2 Å². The van der Waals surface area contributed by atoms with Crippen LogP contribution >= 0.6 is 0 Å². The van der Waals surface area contributed by atoms with E-state index in [-0.39, 0.29) is 19.4 Å². The monoisotopic (exact) mass is 959 g/mol. The number of hydrogen-bond donors (Lipinski definition) is 7. The van der Waals surface area contributed by atoms with E-state index in [1.54, 1.807) is 0 Å². The fraction of sp³-hybridized carbons (Fsp3) is 0.623. The van der Waals surface area contributed by atoms with Gasteiger partial charge in [-0.15, -0.1) is 0 Å². The van der Waals surface area contributed by atoms with Crippen LogP contribution in [0.25, 0.3) is 0 Å². The van der Waals surface area contributed by atoms with Crippen molar-refractivity contribution in [2.45, 2.75) is 184 Å². The van der Waals surface area contributed by atoms with Crippen LogP contribution in [-0.4, -0.2) is 142 Å². The number of carbonyl (C=O) groups is 2. The smallest absolute Gasteiger partial charge is 0.306 e. The van der Waals surface area contributed by atoms with Crippen LogP contribution < -0.4 is 0 Å². The minimum absolute atomic E-state index is 0.0703. The highest BCUT2D eigenvalue weighted by Crippen LogP contribution is 2.26. The van der Waals surface area contributed by atoms with E-state index in [4.69, 9.17) is 28.4 Å². The Hall–Kier alpha value is -3.84. The Labute approximate surface area is 404 Å². The Morgan fingerprint density at radius 1 is 0.471 bits per heavy atom. The van der Waals surface area contributed by atoms with Gasteiger partial charge in [-0.2, -0.15) is 0 Å². The van der Waals surface area contributed by atoms with Crippen LogP contribution in [-0.2, 0) is 38.0 Å². The van der Waals surface area contributed by atoms with Crippen LogP contribution in [0.2, 0.25) is 0 Å². The van der Waals surface area contributed by atoms with Gasteiger partial charge in [0, 0.05) is 12.8 Å². The molecule has 0 bridgehead atoms. The number of ether oxygens (including phenoxy) is 6. The van der Waals surface area contributed by atoms with E-state index in [0.717, 1.165) is 70.6 Å². The number of aliphatic hydroxyl groups excluding tert-OH is 7. The molecule has 68 heavy (non-hydrogen) atoms.